The van der Waals surface area contributed by atoms with Gasteiger partial charge in [0, 0.05) is 12.8 Å². The van der Waals surface area contributed by atoms with Crippen LogP contribution in [0.15, 0.2) is 18.2 Å². The lowest BCUT2D eigenvalue weighted by molar-refractivity contribution is 0.0692. The van der Waals surface area contributed by atoms with Gasteiger partial charge in [0.25, 0.3) is 0 Å². The topological polar surface area (TPSA) is 78.8 Å². The van der Waals surface area contributed by atoms with Crippen LogP contribution in [0.1, 0.15) is 10.4 Å². The molecule has 1 unspecified atom stereocenters. The zero-order chi connectivity index (χ0) is 12.8. The van der Waals surface area contributed by atoms with E-state index in [1.807, 2.05) is 0 Å². The number of hydrogen-bond donors (Lipinski definition) is 3. The van der Waals surface area contributed by atoms with E-state index in [0.29, 0.717) is 5.69 Å². The normalized spacial score (nSPS) is 12.2. The Hall–Kier alpha value is -1.66. The highest BCUT2D eigenvalue weighted by atomic mass is 19.1. The SMILES string of the molecule is COCC(CO)Nc1ccc(C(=O)O)c(F)c1. The number of nitrogens with one attached hydrogen (secondary N) is 1. The van der Waals surface area contributed by atoms with E-state index in [9.17, 15) is 9.18 Å². The summed E-state index contributed by atoms with van der Waals surface area (Å²) in [6.07, 6.45) is 0. The predicted octanol–water partition coefficient (Wildman–Crippen LogP) is 0.943. The van der Waals surface area contributed by atoms with E-state index in [-0.39, 0.29) is 24.8 Å². The van der Waals surface area contributed by atoms with E-state index in [0.717, 1.165) is 6.07 Å². The second kappa shape index (κ2) is 6.17. The van der Waals surface area contributed by atoms with Crippen molar-refractivity contribution in [3.05, 3.63) is 29.6 Å². The van der Waals surface area contributed by atoms with Crippen molar-refractivity contribution >= 4 is 11.7 Å². The number of ether oxygens (including phenoxy) is 1. The molecule has 1 rings (SSSR count). The van der Waals surface area contributed by atoms with Crippen molar-refractivity contribution in [2.75, 3.05) is 25.6 Å². The number of carboxylic acids is 1. The molecule has 6 heteroatoms. The van der Waals surface area contributed by atoms with E-state index < -0.39 is 11.8 Å². The van der Waals surface area contributed by atoms with Crippen LogP contribution in [0.3, 0.4) is 0 Å². The van der Waals surface area contributed by atoms with Gasteiger partial charge in [-0.25, -0.2) is 9.18 Å². The van der Waals surface area contributed by atoms with Gasteiger partial charge in [0.2, 0.25) is 0 Å². The number of aromatic carboxylic acids is 1. The monoisotopic (exact) mass is 243 g/mol. The van der Waals surface area contributed by atoms with Crippen molar-refractivity contribution in [1.29, 1.82) is 0 Å². The van der Waals surface area contributed by atoms with Crippen LogP contribution < -0.4 is 5.32 Å². The zero-order valence-corrected chi connectivity index (χ0v) is 9.31. The number of hydrogen-bond acceptors (Lipinski definition) is 4. The average molecular weight is 243 g/mol. The van der Waals surface area contributed by atoms with E-state index in [1.165, 1.54) is 19.2 Å². The van der Waals surface area contributed by atoms with Crippen molar-refractivity contribution in [2.24, 2.45) is 0 Å². The summed E-state index contributed by atoms with van der Waals surface area (Å²) in [5, 5.41) is 20.5. The van der Waals surface area contributed by atoms with E-state index in [4.69, 9.17) is 14.9 Å². The number of rotatable bonds is 6. The van der Waals surface area contributed by atoms with Gasteiger partial charge in [-0.1, -0.05) is 0 Å². The molecule has 5 nitrogen and oxygen atoms in total. The molecule has 0 aliphatic rings. The van der Waals surface area contributed by atoms with Crippen LogP contribution in [-0.4, -0.2) is 42.5 Å². The molecule has 0 radical (unpaired) electrons. The fourth-order valence-electron chi connectivity index (χ4n) is 1.36. The number of benzene rings is 1. The Morgan fingerprint density at radius 1 is 1.59 bits per heavy atom. The van der Waals surface area contributed by atoms with E-state index in [2.05, 4.69) is 5.32 Å². The molecule has 0 saturated carbocycles. The molecule has 94 valence electrons. The maximum Gasteiger partial charge on any atom is 0.338 e. The van der Waals surface area contributed by atoms with Crippen molar-refractivity contribution in [3.63, 3.8) is 0 Å². The second-order valence-corrected chi connectivity index (χ2v) is 3.48. The largest absolute Gasteiger partial charge is 0.478 e. The Morgan fingerprint density at radius 2 is 2.29 bits per heavy atom. The van der Waals surface area contributed by atoms with Gasteiger partial charge in [0.05, 0.1) is 24.8 Å². The number of carbonyl (C=O) groups is 1. The third kappa shape index (κ3) is 3.69. The number of halogens is 1. The minimum atomic E-state index is -1.32. The Morgan fingerprint density at radius 3 is 2.76 bits per heavy atom. The van der Waals surface area contributed by atoms with Gasteiger partial charge in [-0.2, -0.15) is 0 Å². The van der Waals surface area contributed by atoms with E-state index >= 15 is 0 Å². The highest BCUT2D eigenvalue weighted by Crippen LogP contribution is 2.15. The van der Waals surface area contributed by atoms with Crippen molar-refractivity contribution in [2.45, 2.75) is 6.04 Å². The fourth-order valence-corrected chi connectivity index (χ4v) is 1.36. The van der Waals surface area contributed by atoms with Crippen molar-refractivity contribution in [1.82, 2.24) is 0 Å². The Labute approximate surface area is 97.8 Å². The molecular formula is C11H14FNO4. The molecule has 0 bridgehead atoms. The first-order valence-corrected chi connectivity index (χ1v) is 4.97. The number of methoxy groups -OCH3 is 1. The van der Waals surface area contributed by atoms with Crippen molar-refractivity contribution in [3.8, 4) is 0 Å². The van der Waals surface area contributed by atoms with Crippen LogP contribution in [0.5, 0.6) is 0 Å². The Kier molecular flexibility index (Phi) is 4.86. The zero-order valence-electron chi connectivity index (χ0n) is 9.31. The maximum atomic E-state index is 13.3. The van der Waals surface area contributed by atoms with Crippen LogP contribution >= 0.6 is 0 Å². The molecule has 1 aromatic carbocycles. The molecule has 0 amide bonds. The second-order valence-electron chi connectivity index (χ2n) is 3.48. The molecule has 0 aliphatic heterocycles. The summed E-state index contributed by atoms with van der Waals surface area (Å²) in [5.74, 6) is -2.14. The van der Waals surface area contributed by atoms with Gasteiger partial charge in [0.15, 0.2) is 0 Å². The number of anilines is 1. The highest BCUT2D eigenvalue weighted by Gasteiger charge is 2.12. The highest BCUT2D eigenvalue weighted by molar-refractivity contribution is 5.88. The first-order valence-electron chi connectivity index (χ1n) is 4.97. The first kappa shape index (κ1) is 13.4. The molecule has 1 atom stereocenters. The average Bonchev–Trinajstić information content (AvgIpc) is 2.28. The minimum Gasteiger partial charge on any atom is -0.478 e. The summed E-state index contributed by atoms with van der Waals surface area (Å²) >= 11 is 0. The van der Waals surface area contributed by atoms with Crippen LogP contribution in [0.4, 0.5) is 10.1 Å². The molecule has 0 spiro atoms. The predicted molar refractivity (Wildman–Crippen MR) is 59.7 cm³/mol. The molecule has 1 aromatic rings. The molecule has 17 heavy (non-hydrogen) atoms. The smallest absolute Gasteiger partial charge is 0.338 e. The van der Waals surface area contributed by atoms with Crippen LogP contribution in [0.25, 0.3) is 0 Å². The molecule has 3 N–H and O–H groups in total. The quantitative estimate of drug-likeness (QED) is 0.693. The van der Waals surface area contributed by atoms with Crippen LogP contribution in [-0.2, 0) is 4.74 Å². The van der Waals surface area contributed by atoms with E-state index in [1.54, 1.807) is 0 Å². The van der Waals surface area contributed by atoms with Gasteiger partial charge in [0.1, 0.15) is 5.82 Å². The molecule has 0 saturated heterocycles. The lowest BCUT2D eigenvalue weighted by atomic mass is 10.2. The molecular weight excluding hydrogens is 229 g/mol. The summed E-state index contributed by atoms with van der Waals surface area (Å²) in [5.41, 5.74) is 0.00596. The Balaban J connectivity index is 2.79. The number of carboxylic acid groups (broad SMARTS) is 1. The van der Waals surface area contributed by atoms with Gasteiger partial charge in [-0.3, -0.25) is 0 Å². The summed E-state index contributed by atoms with van der Waals surface area (Å²) in [7, 11) is 1.48. The Bertz CT molecular complexity index is 397. The summed E-state index contributed by atoms with van der Waals surface area (Å²) in [6, 6.07) is 3.31. The van der Waals surface area contributed by atoms with Gasteiger partial charge < -0.3 is 20.3 Å². The van der Waals surface area contributed by atoms with Gasteiger partial charge in [-0.15, -0.1) is 0 Å². The maximum absolute atomic E-state index is 13.3. The van der Waals surface area contributed by atoms with Gasteiger partial charge in [-0.05, 0) is 18.2 Å². The third-order valence-corrected chi connectivity index (χ3v) is 2.16. The molecule has 0 heterocycles. The van der Waals surface area contributed by atoms with Crippen molar-refractivity contribution < 1.29 is 24.1 Å². The number of aliphatic hydroxyl groups excluding tert-OH is 1. The molecule has 0 fully saturated rings. The van der Waals surface area contributed by atoms with Crippen LogP contribution in [0, 0.1) is 5.82 Å². The summed E-state index contributed by atoms with van der Waals surface area (Å²) in [4.78, 5) is 10.6. The lowest BCUT2D eigenvalue weighted by Crippen LogP contribution is -2.28. The van der Waals surface area contributed by atoms with Gasteiger partial charge >= 0.3 is 5.97 Å². The number of aliphatic hydroxyl groups is 1. The minimum absolute atomic E-state index is 0.170. The lowest BCUT2D eigenvalue weighted by Gasteiger charge is -2.16. The summed E-state index contributed by atoms with van der Waals surface area (Å²) < 4.78 is 18.2. The summed E-state index contributed by atoms with van der Waals surface area (Å²) in [6.45, 7) is 0.0922. The molecule has 0 aliphatic carbocycles. The standard InChI is InChI=1S/C11H14FNO4/c1-17-6-8(5-14)13-7-2-3-9(11(15)16)10(12)4-7/h2-4,8,13-14H,5-6H2,1H3,(H,15,16). The molecule has 0 aromatic heterocycles. The fraction of sp³-hybridized carbons (Fsp3) is 0.364. The van der Waals surface area contributed by atoms with Crippen LogP contribution in [0.2, 0.25) is 0 Å². The third-order valence-electron chi connectivity index (χ3n) is 2.16. The first-order chi connectivity index (χ1) is 8.08.